The summed E-state index contributed by atoms with van der Waals surface area (Å²) in [5, 5.41) is 10.3. The monoisotopic (exact) mass is 555 g/mol. The number of hydrogen-bond acceptors (Lipinski definition) is 3. The van der Waals surface area contributed by atoms with Crippen molar-refractivity contribution in [2.45, 2.75) is 66.2 Å². The summed E-state index contributed by atoms with van der Waals surface area (Å²) in [6.45, 7) is 17.3. The Morgan fingerprint density at radius 2 is 0.881 bits per heavy atom. The van der Waals surface area contributed by atoms with Crippen molar-refractivity contribution >= 4 is 11.4 Å². The fourth-order valence-electron chi connectivity index (χ4n) is 5.10. The molecule has 0 N–H and O–H groups in total. The zero-order valence-electron chi connectivity index (χ0n) is 26.1. The normalized spacial score (nSPS) is 13.0. The van der Waals surface area contributed by atoms with Gasteiger partial charge >= 0.3 is 0 Å². The van der Waals surface area contributed by atoms with E-state index in [0.717, 1.165) is 56.7 Å². The van der Waals surface area contributed by atoms with Gasteiger partial charge < -0.3 is 0 Å². The van der Waals surface area contributed by atoms with Gasteiger partial charge in [0.05, 0.1) is 34.2 Å². The summed E-state index contributed by atoms with van der Waals surface area (Å²) in [5.74, 6) is 0. The van der Waals surface area contributed by atoms with Crippen LogP contribution in [0, 0.1) is 0 Å². The lowest BCUT2D eigenvalue weighted by molar-refractivity contribution is 0.541. The minimum absolute atomic E-state index is 0.0761. The van der Waals surface area contributed by atoms with Gasteiger partial charge in [0.15, 0.2) is 0 Å². The molecule has 0 saturated heterocycles. The minimum Gasteiger partial charge on any atom is -0.245 e. The van der Waals surface area contributed by atoms with Crippen LogP contribution in [0.3, 0.4) is 0 Å². The highest BCUT2D eigenvalue weighted by molar-refractivity contribution is 6.00. The molecule has 3 aromatic heterocycles. The Bertz CT molecular complexity index is 1610. The molecule has 0 radical (unpaired) electrons. The van der Waals surface area contributed by atoms with Crippen molar-refractivity contribution < 1.29 is 0 Å². The Morgan fingerprint density at radius 1 is 0.500 bits per heavy atom. The van der Waals surface area contributed by atoms with Gasteiger partial charge in [0.1, 0.15) is 0 Å². The lowest BCUT2D eigenvalue weighted by atomic mass is 9.92. The van der Waals surface area contributed by atoms with Gasteiger partial charge in [0.25, 0.3) is 0 Å². The molecular weight excluding hydrogens is 514 g/mol. The van der Waals surface area contributed by atoms with Crippen LogP contribution in [-0.4, -0.2) is 25.8 Å². The molecule has 42 heavy (non-hydrogen) atoms. The van der Waals surface area contributed by atoms with Gasteiger partial charge in [-0.15, -0.1) is 0 Å². The number of hydrogen-bond donors (Lipinski definition) is 0. The zero-order valence-corrected chi connectivity index (χ0v) is 26.1. The summed E-state index contributed by atoms with van der Waals surface area (Å²) in [6, 6.07) is 35.5. The fourth-order valence-corrected chi connectivity index (χ4v) is 5.10. The van der Waals surface area contributed by atoms with E-state index in [1.54, 1.807) is 0 Å². The summed E-state index contributed by atoms with van der Waals surface area (Å²) >= 11 is 0. The van der Waals surface area contributed by atoms with E-state index in [4.69, 9.17) is 15.2 Å². The van der Waals surface area contributed by atoms with Crippen LogP contribution in [0.2, 0.25) is 0 Å². The first-order valence-corrected chi connectivity index (χ1v) is 14.6. The lowest BCUT2D eigenvalue weighted by Gasteiger charge is -2.21. The van der Waals surface area contributed by atoms with Crippen LogP contribution in [0.15, 0.2) is 113 Å². The van der Waals surface area contributed by atoms with Gasteiger partial charge in [-0.2, -0.15) is 10.2 Å². The molecule has 0 saturated carbocycles. The largest absolute Gasteiger partial charge is 0.245 e. The SMILES string of the molecule is CC(=Nn1c(-c2ccccc2)ccc1C(C)(C)C)c1cccc(C(C)=Nn2c(-c3ccccc3)ccc2C(C)(C)C)n1. The molecule has 5 heteroatoms. The summed E-state index contributed by atoms with van der Waals surface area (Å²) in [4.78, 5) is 5.03. The van der Waals surface area contributed by atoms with Crippen LogP contribution in [0.25, 0.3) is 22.5 Å². The van der Waals surface area contributed by atoms with Gasteiger partial charge in [-0.25, -0.2) is 14.3 Å². The molecule has 5 aromatic rings. The molecule has 214 valence electrons. The molecule has 0 fully saturated rings. The standard InChI is InChI=1S/C37H41N5/c1-26(39-41-32(28-16-11-9-12-17-28)22-24-34(41)36(3,4)5)30-20-15-21-31(38-30)27(2)40-42-33(29-18-13-10-14-19-29)23-25-35(42)37(6,7)8/h9-25H,1-8H3. The molecule has 3 heterocycles. The van der Waals surface area contributed by atoms with Gasteiger partial charge in [-0.05, 0) is 50.2 Å². The molecule has 0 bridgehead atoms. The molecular formula is C37H41N5. The molecule has 0 aliphatic rings. The Labute approximate surface area is 250 Å². The van der Waals surface area contributed by atoms with Crippen LogP contribution < -0.4 is 0 Å². The van der Waals surface area contributed by atoms with E-state index in [9.17, 15) is 0 Å². The summed E-state index contributed by atoms with van der Waals surface area (Å²) < 4.78 is 4.14. The van der Waals surface area contributed by atoms with Gasteiger partial charge in [0, 0.05) is 33.3 Å². The summed E-state index contributed by atoms with van der Waals surface area (Å²) in [5.41, 5.74) is 9.83. The van der Waals surface area contributed by atoms with Gasteiger partial charge in [-0.1, -0.05) is 108 Å². The first-order valence-electron chi connectivity index (χ1n) is 14.6. The molecule has 5 nitrogen and oxygen atoms in total. The average molecular weight is 556 g/mol. The predicted octanol–water partition coefficient (Wildman–Crippen LogP) is 9.16. The van der Waals surface area contributed by atoms with Crippen molar-refractivity contribution in [1.29, 1.82) is 0 Å². The molecule has 0 amide bonds. The maximum Gasteiger partial charge on any atom is 0.0867 e. The molecule has 0 aliphatic carbocycles. The van der Waals surface area contributed by atoms with Crippen molar-refractivity contribution in [2.75, 3.05) is 0 Å². The number of benzene rings is 2. The van der Waals surface area contributed by atoms with E-state index >= 15 is 0 Å². The lowest BCUT2D eigenvalue weighted by Crippen LogP contribution is -2.18. The Balaban J connectivity index is 1.57. The van der Waals surface area contributed by atoms with Gasteiger partial charge in [-0.3, -0.25) is 0 Å². The first kappa shape index (κ1) is 29.0. The maximum absolute atomic E-state index is 5.13. The Morgan fingerprint density at radius 3 is 1.24 bits per heavy atom. The predicted molar refractivity (Wildman–Crippen MR) is 177 cm³/mol. The van der Waals surface area contributed by atoms with E-state index in [2.05, 4.69) is 124 Å². The summed E-state index contributed by atoms with van der Waals surface area (Å²) in [7, 11) is 0. The van der Waals surface area contributed by atoms with E-state index in [-0.39, 0.29) is 10.8 Å². The number of pyridine rings is 1. The highest BCUT2D eigenvalue weighted by Crippen LogP contribution is 2.31. The van der Waals surface area contributed by atoms with E-state index < -0.39 is 0 Å². The molecule has 0 aliphatic heterocycles. The second-order valence-corrected chi connectivity index (χ2v) is 12.8. The van der Waals surface area contributed by atoms with E-state index in [1.165, 1.54) is 0 Å². The Kier molecular flexibility index (Phi) is 7.87. The topological polar surface area (TPSA) is 47.5 Å². The van der Waals surface area contributed by atoms with Crippen LogP contribution in [-0.2, 0) is 10.8 Å². The van der Waals surface area contributed by atoms with Crippen molar-refractivity contribution in [1.82, 2.24) is 14.3 Å². The average Bonchev–Trinajstić information content (AvgIpc) is 3.59. The molecule has 0 spiro atoms. The first-order chi connectivity index (χ1) is 19.9. The molecule has 0 unspecified atom stereocenters. The summed E-state index contributed by atoms with van der Waals surface area (Å²) in [6.07, 6.45) is 0. The molecule has 2 aromatic carbocycles. The molecule has 0 atom stereocenters. The Hall–Kier alpha value is -4.51. The van der Waals surface area contributed by atoms with Crippen molar-refractivity contribution in [3.8, 4) is 22.5 Å². The second kappa shape index (κ2) is 11.4. The highest BCUT2D eigenvalue weighted by atomic mass is 15.4. The fraction of sp³-hybridized carbons (Fsp3) is 0.270. The minimum atomic E-state index is -0.0761. The smallest absolute Gasteiger partial charge is 0.0867 e. The van der Waals surface area contributed by atoms with Crippen LogP contribution >= 0.6 is 0 Å². The number of aromatic nitrogens is 3. The van der Waals surface area contributed by atoms with Crippen LogP contribution in [0.4, 0.5) is 0 Å². The van der Waals surface area contributed by atoms with Crippen molar-refractivity contribution in [3.05, 3.63) is 126 Å². The third-order valence-corrected chi connectivity index (χ3v) is 7.38. The third kappa shape index (κ3) is 6.06. The maximum atomic E-state index is 5.13. The van der Waals surface area contributed by atoms with Crippen molar-refractivity contribution in [2.24, 2.45) is 10.2 Å². The quantitative estimate of drug-likeness (QED) is 0.193. The number of rotatable bonds is 6. The molecule has 5 rings (SSSR count). The zero-order chi connectivity index (χ0) is 30.1. The van der Waals surface area contributed by atoms with E-state index in [1.807, 2.05) is 44.2 Å². The van der Waals surface area contributed by atoms with Crippen LogP contribution in [0.5, 0.6) is 0 Å². The van der Waals surface area contributed by atoms with Crippen LogP contribution in [0.1, 0.15) is 78.2 Å². The van der Waals surface area contributed by atoms with Gasteiger partial charge in [0.2, 0.25) is 0 Å². The highest BCUT2D eigenvalue weighted by Gasteiger charge is 2.23. The third-order valence-electron chi connectivity index (χ3n) is 7.38. The number of nitrogens with zero attached hydrogens (tertiary/aromatic N) is 5. The second-order valence-electron chi connectivity index (χ2n) is 12.8. The van der Waals surface area contributed by atoms with E-state index in [0.29, 0.717) is 0 Å². The van der Waals surface area contributed by atoms with Crippen molar-refractivity contribution in [3.63, 3.8) is 0 Å².